The minimum atomic E-state index is 0.950. The molecule has 0 spiro atoms. The van der Waals surface area contributed by atoms with Gasteiger partial charge in [0.1, 0.15) is 5.82 Å². The number of nitrogens with one attached hydrogen (secondary N) is 1. The van der Waals surface area contributed by atoms with Gasteiger partial charge in [0.15, 0.2) is 0 Å². The number of H-pyrrole nitrogens is 1. The minimum Gasteiger partial charge on any atom is -0.342 e. The molecule has 0 bridgehead atoms. The van der Waals surface area contributed by atoms with Gasteiger partial charge in [0, 0.05) is 10.9 Å². The van der Waals surface area contributed by atoms with Crippen LogP contribution in [-0.2, 0) is 6.42 Å². The van der Waals surface area contributed by atoms with Gasteiger partial charge in [-0.2, -0.15) is 0 Å². The number of benzene rings is 1. The Balaban J connectivity index is 2.76. The highest BCUT2D eigenvalue weighted by Crippen LogP contribution is 2.23. The van der Waals surface area contributed by atoms with Crippen molar-refractivity contribution in [3.63, 3.8) is 0 Å². The first-order chi connectivity index (χ1) is 6.22. The predicted molar refractivity (Wildman–Crippen MR) is 57.9 cm³/mol. The summed E-state index contributed by atoms with van der Waals surface area (Å²) in [5.74, 6) is 1.05. The molecular weight excluding hydrogens is 228 g/mol. The molecule has 0 aliphatic heterocycles. The molecule has 1 heterocycles. The van der Waals surface area contributed by atoms with Crippen LogP contribution in [-0.4, -0.2) is 9.97 Å². The highest BCUT2D eigenvalue weighted by molar-refractivity contribution is 9.10. The van der Waals surface area contributed by atoms with E-state index in [9.17, 15) is 0 Å². The van der Waals surface area contributed by atoms with Crippen molar-refractivity contribution in [3.05, 3.63) is 28.0 Å². The van der Waals surface area contributed by atoms with Crippen molar-refractivity contribution in [1.82, 2.24) is 9.97 Å². The number of rotatable bonds is 1. The molecule has 68 valence electrons. The standard InChI is InChI=1S/C10H11BrN2/c1-3-9-12-8-5-4-7(11)6(2)10(8)13-9/h4-5H,3H2,1-2H3,(H,12,13). The van der Waals surface area contributed by atoms with Gasteiger partial charge in [0.25, 0.3) is 0 Å². The summed E-state index contributed by atoms with van der Waals surface area (Å²) in [6.07, 6.45) is 0.950. The Hall–Kier alpha value is -0.830. The van der Waals surface area contributed by atoms with E-state index in [2.05, 4.69) is 51.9 Å². The monoisotopic (exact) mass is 238 g/mol. The molecule has 2 aromatic rings. The van der Waals surface area contributed by atoms with E-state index in [4.69, 9.17) is 0 Å². The lowest BCUT2D eigenvalue weighted by Crippen LogP contribution is -1.80. The molecule has 0 aliphatic rings. The fourth-order valence-electron chi connectivity index (χ4n) is 1.41. The summed E-state index contributed by atoms with van der Waals surface area (Å²) in [7, 11) is 0. The zero-order valence-electron chi connectivity index (χ0n) is 7.69. The van der Waals surface area contributed by atoms with Crippen LogP contribution in [0.2, 0.25) is 0 Å². The summed E-state index contributed by atoms with van der Waals surface area (Å²) >= 11 is 3.49. The number of hydrogen-bond acceptors (Lipinski definition) is 1. The molecule has 0 amide bonds. The highest BCUT2D eigenvalue weighted by Gasteiger charge is 2.05. The molecule has 2 nitrogen and oxygen atoms in total. The molecule has 0 aliphatic carbocycles. The second-order valence-corrected chi connectivity index (χ2v) is 3.96. The van der Waals surface area contributed by atoms with E-state index in [0.717, 1.165) is 27.8 Å². The third-order valence-electron chi connectivity index (χ3n) is 2.23. The van der Waals surface area contributed by atoms with E-state index >= 15 is 0 Å². The Kier molecular flexibility index (Phi) is 2.12. The van der Waals surface area contributed by atoms with E-state index in [0.29, 0.717) is 0 Å². The molecule has 2 rings (SSSR count). The van der Waals surface area contributed by atoms with Crippen LogP contribution in [0.25, 0.3) is 11.0 Å². The zero-order chi connectivity index (χ0) is 9.42. The first-order valence-corrected chi connectivity index (χ1v) is 5.15. The normalized spacial score (nSPS) is 11.0. The number of imidazole rings is 1. The van der Waals surface area contributed by atoms with Gasteiger partial charge in [0.05, 0.1) is 11.0 Å². The van der Waals surface area contributed by atoms with Gasteiger partial charge in [-0.15, -0.1) is 0 Å². The van der Waals surface area contributed by atoms with Gasteiger partial charge < -0.3 is 4.98 Å². The van der Waals surface area contributed by atoms with Gasteiger partial charge in [-0.05, 0) is 24.6 Å². The molecule has 0 atom stereocenters. The molecule has 13 heavy (non-hydrogen) atoms. The maximum Gasteiger partial charge on any atom is 0.106 e. The van der Waals surface area contributed by atoms with Crippen molar-refractivity contribution in [1.29, 1.82) is 0 Å². The fraction of sp³-hybridized carbons (Fsp3) is 0.300. The fourth-order valence-corrected chi connectivity index (χ4v) is 1.73. The molecule has 1 aromatic heterocycles. The smallest absolute Gasteiger partial charge is 0.106 e. The summed E-state index contributed by atoms with van der Waals surface area (Å²) < 4.78 is 1.12. The van der Waals surface area contributed by atoms with Crippen LogP contribution in [0.3, 0.4) is 0 Å². The zero-order valence-corrected chi connectivity index (χ0v) is 9.27. The summed E-state index contributed by atoms with van der Waals surface area (Å²) in [6.45, 7) is 4.18. The Bertz CT molecular complexity index is 445. The van der Waals surface area contributed by atoms with Crippen molar-refractivity contribution in [3.8, 4) is 0 Å². The average Bonchev–Trinajstić information content (AvgIpc) is 2.55. The highest BCUT2D eigenvalue weighted by atomic mass is 79.9. The number of fused-ring (bicyclic) bond motifs is 1. The van der Waals surface area contributed by atoms with Crippen LogP contribution >= 0.6 is 15.9 Å². The molecule has 0 fully saturated rings. The van der Waals surface area contributed by atoms with E-state index in [1.54, 1.807) is 0 Å². The Labute approximate surface area is 85.5 Å². The lowest BCUT2D eigenvalue weighted by Gasteiger charge is -1.96. The largest absolute Gasteiger partial charge is 0.342 e. The van der Waals surface area contributed by atoms with Crippen LogP contribution in [0.1, 0.15) is 18.3 Å². The molecule has 0 unspecified atom stereocenters. The first kappa shape index (κ1) is 8.75. The second kappa shape index (κ2) is 3.14. The summed E-state index contributed by atoms with van der Waals surface area (Å²) in [4.78, 5) is 7.79. The van der Waals surface area contributed by atoms with Crippen molar-refractivity contribution in [2.45, 2.75) is 20.3 Å². The SMILES string of the molecule is CCc1nc2c(C)c(Br)ccc2[nH]1. The molecule has 0 radical (unpaired) electrons. The van der Waals surface area contributed by atoms with E-state index < -0.39 is 0 Å². The van der Waals surface area contributed by atoms with Crippen LogP contribution in [0.15, 0.2) is 16.6 Å². The number of aromatic nitrogens is 2. The lowest BCUT2D eigenvalue weighted by molar-refractivity contribution is 1.000. The van der Waals surface area contributed by atoms with E-state index in [-0.39, 0.29) is 0 Å². The molecule has 1 aromatic carbocycles. The predicted octanol–water partition coefficient (Wildman–Crippen LogP) is 3.20. The van der Waals surface area contributed by atoms with Gasteiger partial charge in [-0.1, -0.05) is 22.9 Å². The van der Waals surface area contributed by atoms with Crippen LogP contribution in [0, 0.1) is 6.92 Å². The number of hydrogen-bond donors (Lipinski definition) is 1. The number of nitrogens with zero attached hydrogens (tertiary/aromatic N) is 1. The maximum atomic E-state index is 4.51. The van der Waals surface area contributed by atoms with Crippen LogP contribution in [0.5, 0.6) is 0 Å². The van der Waals surface area contributed by atoms with Crippen molar-refractivity contribution in [2.24, 2.45) is 0 Å². The summed E-state index contributed by atoms with van der Waals surface area (Å²) in [6, 6.07) is 4.11. The van der Waals surface area contributed by atoms with Crippen molar-refractivity contribution in [2.75, 3.05) is 0 Å². The number of aromatic amines is 1. The third kappa shape index (κ3) is 1.37. The Morgan fingerprint density at radius 1 is 1.46 bits per heavy atom. The third-order valence-corrected chi connectivity index (χ3v) is 3.08. The first-order valence-electron chi connectivity index (χ1n) is 4.36. The molecule has 0 saturated heterocycles. The molecular formula is C10H11BrN2. The van der Waals surface area contributed by atoms with Crippen LogP contribution in [0.4, 0.5) is 0 Å². The van der Waals surface area contributed by atoms with Gasteiger partial charge in [-0.3, -0.25) is 0 Å². The average molecular weight is 239 g/mol. The van der Waals surface area contributed by atoms with Crippen LogP contribution < -0.4 is 0 Å². The summed E-state index contributed by atoms with van der Waals surface area (Å²) in [5.41, 5.74) is 3.40. The van der Waals surface area contributed by atoms with E-state index in [1.165, 1.54) is 5.56 Å². The molecule has 1 N–H and O–H groups in total. The molecule has 3 heteroatoms. The van der Waals surface area contributed by atoms with Gasteiger partial charge in [-0.25, -0.2) is 4.98 Å². The number of aryl methyl sites for hydroxylation is 2. The Morgan fingerprint density at radius 3 is 2.92 bits per heavy atom. The molecule has 0 saturated carbocycles. The Morgan fingerprint density at radius 2 is 2.23 bits per heavy atom. The van der Waals surface area contributed by atoms with E-state index in [1.807, 2.05) is 0 Å². The van der Waals surface area contributed by atoms with Crippen molar-refractivity contribution < 1.29 is 0 Å². The van der Waals surface area contributed by atoms with Gasteiger partial charge in [0.2, 0.25) is 0 Å². The quantitative estimate of drug-likeness (QED) is 0.813. The van der Waals surface area contributed by atoms with Gasteiger partial charge >= 0.3 is 0 Å². The lowest BCUT2D eigenvalue weighted by atomic mass is 10.2. The minimum absolute atomic E-state index is 0.950. The maximum absolute atomic E-state index is 4.51. The summed E-state index contributed by atoms with van der Waals surface area (Å²) in [5, 5.41) is 0. The topological polar surface area (TPSA) is 28.7 Å². The second-order valence-electron chi connectivity index (χ2n) is 3.11. The number of halogens is 1. The van der Waals surface area contributed by atoms with Crippen molar-refractivity contribution >= 4 is 27.0 Å².